The van der Waals surface area contributed by atoms with E-state index in [1.54, 1.807) is 0 Å². The number of carboxylic acid groups (broad SMARTS) is 1. The fraction of sp³-hybridized carbons (Fsp3) is 0.444. The summed E-state index contributed by atoms with van der Waals surface area (Å²) in [6.45, 7) is 1.23. The van der Waals surface area contributed by atoms with Gasteiger partial charge in [0.1, 0.15) is 0 Å². The first-order valence-electron chi connectivity index (χ1n) is 4.77. The fourth-order valence-corrected chi connectivity index (χ4v) is 1.63. The van der Waals surface area contributed by atoms with Crippen LogP contribution in [0.1, 0.15) is 16.9 Å². The van der Waals surface area contributed by atoms with Crippen LogP contribution in [0.5, 0.6) is 0 Å². The minimum atomic E-state index is -1.13. The molecule has 16 heavy (non-hydrogen) atoms. The van der Waals surface area contributed by atoms with Gasteiger partial charge < -0.3 is 15.2 Å². The lowest BCUT2D eigenvalue weighted by Crippen LogP contribution is -2.21. The predicted octanol–water partition coefficient (Wildman–Crippen LogP) is 1.03. The lowest BCUT2D eigenvalue weighted by molar-refractivity contribution is 0.0691. The molecule has 0 aliphatic carbocycles. The number of hydrogen-bond acceptors (Lipinski definition) is 5. The lowest BCUT2D eigenvalue weighted by Gasteiger charge is -2.13. The number of anilines is 1. The molecule has 2 rings (SSSR count). The number of halogens is 1. The third-order valence-corrected chi connectivity index (χ3v) is 2.43. The first kappa shape index (κ1) is 11.1. The van der Waals surface area contributed by atoms with Crippen molar-refractivity contribution in [3.8, 4) is 0 Å². The van der Waals surface area contributed by atoms with Gasteiger partial charge in [0.2, 0.25) is 5.28 Å². The number of aromatic nitrogens is 2. The number of rotatable bonds is 3. The molecule has 1 aromatic heterocycles. The summed E-state index contributed by atoms with van der Waals surface area (Å²) < 4.78 is 5.18. The van der Waals surface area contributed by atoms with E-state index in [0.29, 0.717) is 18.9 Å². The van der Waals surface area contributed by atoms with E-state index in [2.05, 4.69) is 15.3 Å². The van der Waals surface area contributed by atoms with Crippen molar-refractivity contribution < 1.29 is 14.6 Å². The van der Waals surface area contributed by atoms with Crippen LogP contribution >= 0.6 is 11.6 Å². The Balaban J connectivity index is 2.21. The molecule has 6 nitrogen and oxygen atoms in total. The van der Waals surface area contributed by atoms with Gasteiger partial charge in [0.25, 0.3) is 0 Å². The highest BCUT2D eigenvalue weighted by Gasteiger charge is 2.20. The fourth-order valence-electron chi connectivity index (χ4n) is 1.50. The number of nitrogens with zero attached hydrogens (tertiary/aromatic N) is 2. The Morgan fingerprint density at radius 2 is 2.50 bits per heavy atom. The van der Waals surface area contributed by atoms with Gasteiger partial charge in [-0.15, -0.1) is 0 Å². The Bertz CT molecular complexity index is 407. The van der Waals surface area contributed by atoms with E-state index >= 15 is 0 Å². The lowest BCUT2D eigenvalue weighted by atomic mass is 10.2. The highest BCUT2D eigenvalue weighted by Crippen LogP contribution is 2.18. The maximum atomic E-state index is 10.9. The zero-order valence-electron chi connectivity index (χ0n) is 8.31. The van der Waals surface area contributed by atoms with E-state index in [9.17, 15) is 4.79 Å². The van der Waals surface area contributed by atoms with E-state index in [0.717, 1.165) is 6.42 Å². The summed E-state index contributed by atoms with van der Waals surface area (Å²) in [7, 11) is 0. The molecule has 0 amide bonds. The average Bonchev–Trinajstić information content (AvgIpc) is 2.73. The topological polar surface area (TPSA) is 84.3 Å². The van der Waals surface area contributed by atoms with Crippen molar-refractivity contribution in [2.45, 2.75) is 12.5 Å². The average molecular weight is 244 g/mol. The molecule has 2 N–H and O–H groups in total. The quantitative estimate of drug-likeness (QED) is 0.772. The van der Waals surface area contributed by atoms with Gasteiger partial charge in [0.05, 0.1) is 24.5 Å². The van der Waals surface area contributed by atoms with Gasteiger partial charge >= 0.3 is 5.97 Å². The summed E-state index contributed by atoms with van der Waals surface area (Å²) in [6, 6.07) is 0.0999. The van der Waals surface area contributed by atoms with Crippen molar-refractivity contribution in [3.05, 3.63) is 17.2 Å². The van der Waals surface area contributed by atoms with Gasteiger partial charge in [-0.25, -0.2) is 14.8 Å². The van der Waals surface area contributed by atoms with Crippen molar-refractivity contribution in [2.24, 2.45) is 0 Å². The van der Waals surface area contributed by atoms with Crippen LogP contribution in [0.2, 0.25) is 5.28 Å². The number of nitrogens with one attached hydrogen (secondary N) is 1. The van der Waals surface area contributed by atoms with Crippen LogP contribution in [0.25, 0.3) is 0 Å². The molecule has 0 spiro atoms. The normalized spacial score (nSPS) is 19.7. The second-order valence-corrected chi connectivity index (χ2v) is 3.75. The maximum Gasteiger partial charge on any atom is 0.356 e. The number of aromatic carboxylic acids is 1. The molecule has 1 aliphatic rings. The Kier molecular flexibility index (Phi) is 3.21. The Morgan fingerprint density at radius 3 is 3.12 bits per heavy atom. The first-order chi connectivity index (χ1) is 7.66. The summed E-state index contributed by atoms with van der Waals surface area (Å²) >= 11 is 5.54. The molecule has 0 aromatic carbocycles. The molecule has 1 atom stereocenters. The van der Waals surface area contributed by atoms with Gasteiger partial charge in [-0.2, -0.15) is 0 Å². The zero-order valence-corrected chi connectivity index (χ0v) is 9.07. The SMILES string of the molecule is O=C(O)c1nc(Cl)ncc1NC1CCOC1. The third kappa shape index (κ3) is 2.40. The molecule has 1 unspecified atom stereocenters. The van der Waals surface area contributed by atoms with Crippen molar-refractivity contribution >= 4 is 23.3 Å². The number of carbonyl (C=O) groups is 1. The second-order valence-electron chi connectivity index (χ2n) is 3.41. The molecule has 7 heteroatoms. The molecular weight excluding hydrogens is 234 g/mol. The smallest absolute Gasteiger partial charge is 0.356 e. The molecular formula is C9H10ClN3O3. The van der Waals surface area contributed by atoms with Crippen molar-refractivity contribution in [1.82, 2.24) is 9.97 Å². The summed E-state index contributed by atoms with van der Waals surface area (Å²) in [5, 5.41) is 11.9. The van der Waals surface area contributed by atoms with Gasteiger partial charge in [0.15, 0.2) is 5.69 Å². The molecule has 1 fully saturated rings. The van der Waals surface area contributed by atoms with Crippen LogP contribution < -0.4 is 5.32 Å². The molecule has 1 aromatic rings. The molecule has 0 bridgehead atoms. The summed E-state index contributed by atoms with van der Waals surface area (Å²) in [5.74, 6) is -1.13. The monoisotopic (exact) mass is 243 g/mol. The van der Waals surface area contributed by atoms with Crippen LogP contribution in [0.4, 0.5) is 5.69 Å². The van der Waals surface area contributed by atoms with Crippen LogP contribution in [0.15, 0.2) is 6.20 Å². The number of ether oxygens (including phenoxy) is 1. The summed E-state index contributed by atoms with van der Waals surface area (Å²) in [6.07, 6.45) is 2.21. The molecule has 1 saturated heterocycles. The zero-order chi connectivity index (χ0) is 11.5. The van der Waals surface area contributed by atoms with E-state index in [4.69, 9.17) is 21.4 Å². The van der Waals surface area contributed by atoms with Crippen molar-refractivity contribution in [3.63, 3.8) is 0 Å². The van der Waals surface area contributed by atoms with E-state index in [1.807, 2.05) is 0 Å². The molecule has 1 aliphatic heterocycles. The van der Waals surface area contributed by atoms with Crippen LogP contribution in [-0.4, -0.2) is 40.3 Å². The summed E-state index contributed by atoms with van der Waals surface area (Å²) in [5.41, 5.74) is 0.249. The van der Waals surface area contributed by atoms with Gasteiger partial charge in [-0.05, 0) is 18.0 Å². The van der Waals surface area contributed by atoms with E-state index in [-0.39, 0.29) is 17.0 Å². The second kappa shape index (κ2) is 4.63. The molecule has 0 saturated carbocycles. The largest absolute Gasteiger partial charge is 0.476 e. The molecule has 0 radical (unpaired) electrons. The van der Waals surface area contributed by atoms with Gasteiger partial charge in [-0.3, -0.25) is 0 Å². The van der Waals surface area contributed by atoms with Crippen LogP contribution in [0.3, 0.4) is 0 Å². The molecule has 86 valence electrons. The van der Waals surface area contributed by atoms with Crippen molar-refractivity contribution in [2.75, 3.05) is 18.5 Å². The predicted molar refractivity (Wildman–Crippen MR) is 56.8 cm³/mol. The van der Waals surface area contributed by atoms with Gasteiger partial charge in [-0.1, -0.05) is 0 Å². The maximum absolute atomic E-state index is 10.9. The Hall–Kier alpha value is -1.40. The van der Waals surface area contributed by atoms with Crippen molar-refractivity contribution in [1.29, 1.82) is 0 Å². The Labute approximate surface area is 96.6 Å². The van der Waals surface area contributed by atoms with E-state index in [1.165, 1.54) is 6.20 Å². The summed E-state index contributed by atoms with van der Waals surface area (Å²) in [4.78, 5) is 18.3. The number of carboxylic acids is 1. The van der Waals surface area contributed by atoms with Crippen LogP contribution in [-0.2, 0) is 4.74 Å². The minimum absolute atomic E-state index is 0.0781. The highest BCUT2D eigenvalue weighted by atomic mass is 35.5. The number of hydrogen-bond donors (Lipinski definition) is 2. The van der Waals surface area contributed by atoms with Gasteiger partial charge in [0, 0.05) is 6.61 Å². The van der Waals surface area contributed by atoms with E-state index < -0.39 is 5.97 Å². The minimum Gasteiger partial charge on any atom is -0.476 e. The third-order valence-electron chi connectivity index (χ3n) is 2.25. The first-order valence-corrected chi connectivity index (χ1v) is 5.14. The Morgan fingerprint density at radius 1 is 1.69 bits per heavy atom. The van der Waals surface area contributed by atoms with Crippen LogP contribution in [0, 0.1) is 0 Å². The molecule has 2 heterocycles. The highest BCUT2D eigenvalue weighted by molar-refractivity contribution is 6.28. The standard InChI is InChI=1S/C9H10ClN3O3/c10-9-11-3-6(7(13-9)8(14)15)12-5-1-2-16-4-5/h3,5,12H,1-2,4H2,(H,14,15).